The van der Waals surface area contributed by atoms with Crippen LogP contribution in [0.2, 0.25) is 0 Å². The third-order valence-corrected chi connectivity index (χ3v) is 7.23. The number of rotatable bonds is 8. The van der Waals surface area contributed by atoms with E-state index in [1.807, 2.05) is 59.2 Å². The molecular weight excluding hydrogens is 480 g/mol. The van der Waals surface area contributed by atoms with Crippen molar-refractivity contribution in [2.24, 2.45) is 0 Å². The Bertz CT molecular complexity index is 1570. The third-order valence-electron chi connectivity index (χ3n) is 7.23. The van der Waals surface area contributed by atoms with Crippen molar-refractivity contribution < 1.29 is 14.3 Å². The molecule has 0 bridgehead atoms. The second kappa shape index (κ2) is 10.2. The number of hydrogen-bond acceptors (Lipinski definition) is 6. The zero-order chi connectivity index (χ0) is 26.1. The van der Waals surface area contributed by atoms with Gasteiger partial charge in [0.2, 0.25) is 5.43 Å². The van der Waals surface area contributed by atoms with Crippen LogP contribution in [0.15, 0.2) is 71.7 Å². The fourth-order valence-electron chi connectivity index (χ4n) is 5.25. The number of methoxy groups -OCH3 is 1. The van der Waals surface area contributed by atoms with E-state index < -0.39 is 0 Å². The largest absolute Gasteiger partial charge is 0.497 e. The van der Waals surface area contributed by atoms with Gasteiger partial charge >= 0.3 is 0 Å². The fourth-order valence-corrected chi connectivity index (χ4v) is 5.25. The predicted octanol–water partition coefficient (Wildman–Crippen LogP) is 4.54. The van der Waals surface area contributed by atoms with E-state index in [1.54, 1.807) is 19.4 Å². The van der Waals surface area contributed by atoms with Gasteiger partial charge < -0.3 is 29.6 Å². The fraction of sp³-hybridized carbons (Fsp3) is 0.267. The molecule has 1 amide bonds. The number of carbonyl (C=O) groups excluding carboxylic acids is 1. The van der Waals surface area contributed by atoms with E-state index in [1.165, 1.54) is 12.8 Å². The molecule has 1 saturated heterocycles. The summed E-state index contributed by atoms with van der Waals surface area (Å²) < 4.78 is 13.6. The number of hydrogen-bond donors (Lipinski definition) is 2. The lowest BCUT2D eigenvalue weighted by Gasteiger charge is -2.26. The van der Waals surface area contributed by atoms with Crippen LogP contribution in [-0.4, -0.2) is 48.7 Å². The molecule has 2 aliphatic rings. The molecule has 194 valence electrons. The molecule has 1 aromatic heterocycles. The van der Waals surface area contributed by atoms with Crippen molar-refractivity contribution in [3.8, 4) is 22.9 Å². The quantitative estimate of drug-likeness (QED) is 0.319. The monoisotopic (exact) mass is 510 g/mol. The number of anilines is 1. The molecule has 0 saturated carbocycles. The number of nitrogens with zero attached hydrogens (tertiary/aromatic N) is 2. The molecular formula is C30H30N4O4. The lowest BCUT2D eigenvalue weighted by Crippen LogP contribution is -2.36. The number of nitrogens with one attached hydrogen (secondary N) is 2. The first-order valence-electron chi connectivity index (χ1n) is 13.0. The summed E-state index contributed by atoms with van der Waals surface area (Å²) in [5.74, 6) is 1.64. The average Bonchev–Trinajstić information content (AvgIpc) is 3.47. The third kappa shape index (κ3) is 4.48. The molecule has 4 aromatic rings. The van der Waals surface area contributed by atoms with Crippen LogP contribution < -0.4 is 25.5 Å². The summed E-state index contributed by atoms with van der Waals surface area (Å²) in [5, 5.41) is 6.84. The van der Waals surface area contributed by atoms with Gasteiger partial charge in [-0.05, 0) is 67.9 Å². The summed E-state index contributed by atoms with van der Waals surface area (Å²) in [6.07, 6.45) is 4.04. The van der Waals surface area contributed by atoms with E-state index in [4.69, 9.17) is 9.47 Å². The van der Waals surface area contributed by atoms with Crippen molar-refractivity contribution in [2.75, 3.05) is 38.6 Å². The second-order valence-corrected chi connectivity index (χ2v) is 9.66. The van der Waals surface area contributed by atoms with E-state index in [0.29, 0.717) is 35.5 Å². The highest BCUT2D eigenvalue weighted by Gasteiger charge is 2.26. The summed E-state index contributed by atoms with van der Waals surface area (Å²) >= 11 is 0. The highest BCUT2D eigenvalue weighted by atomic mass is 16.5. The first-order chi connectivity index (χ1) is 18.6. The topological polar surface area (TPSA) is 84.8 Å². The van der Waals surface area contributed by atoms with Gasteiger partial charge in [-0.15, -0.1) is 0 Å². The Hall–Kier alpha value is -4.30. The van der Waals surface area contributed by atoms with E-state index in [-0.39, 0.29) is 16.9 Å². The van der Waals surface area contributed by atoms with E-state index >= 15 is 0 Å². The molecule has 0 atom stereocenters. The molecule has 1 fully saturated rings. The Morgan fingerprint density at radius 2 is 1.89 bits per heavy atom. The maximum atomic E-state index is 13.5. The number of benzene rings is 3. The molecule has 2 N–H and O–H groups in total. The SMILES string of the molecule is COc1cccc(CNc2ccc3c(=O)c(C(=O)NCCN4CCCC4)cn4c3c2Oc2ccccc2-4)c1. The summed E-state index contributed by atoms with van der Waals surface area (Å²) in [6.45, 7) is 3.96. The number of likely N-dealkylation sites (tertiary alicyclic amines) is 1. The predicted molar refractivity (Wildman–Crippen MR) is 148 cm³/mol. The maximum absolute atomic E-state index is 13.5. The standard InChI is InChI=1S/C30H30N4O4/c1-37-21-8-6-7-20(17-21)18-32-24-12-11-22-27-29(24)38-26-10-3-2-9-25(26)34(27)19-23(28(22)35)30(36)31-13-16-33-14-4-5-15-33/h2-3,6-12,17,19,32H,4-5,13-16,18H2,1H3,(H,31,36). The van der Waals surface area contributed by atoms with Crippen molar-refractivity contribution in [2.45, 2.75) is 19.4 Å². The molecule has 38 heavy (non-hydrogen) atoms. The van der Waals surface area contributed by atoms with Crippen LogP contribution in [0, 0.1) is 0 Å². The Kier molecular flexibility index (Phi) is 6.47. The summed E-state index contributed by atoms with van der Waals surface area (Å²) in [7, 11) is 1.65. The van der Waals surface area contributed by atoms with Gasteiger partial charge in [-0.25, -0.2) is 0 Å². The minimum Gasteiger partial charge on any atom is -0.497 e. The average molecular weight is 511 g/mol. The van der Waals surface area contributed by atoms with Crippen molar-refractivity contribution in [1.29, 1.82) is 0 Å². The number of aromatic nitrogens is 1. The molecule has 8 heteroatoms. The molecule has 6 rings (SSSR count). The second-order valence-electron chi connectivity index (χ2n) is 9.66. The molecule has 2 aliphatic heterocycles. The van der Waals surface area contributed by atoms with Crippen LogP contribution in [0.1, 0.15) is 28.8 Å². The zero-order valence-corrected chi connectivity index (χ0v) is 21.3. The van der Waals surface area contributed by atoms with Gasteiger partial charge in [-0.2, -0.15) is 0 Å². The highest BCUT2D eigenvalue weighted by Crippen LogP contribution is 2.43. The molecule has 3 aromatic carbocycles. The van der Waals surface area contributed by atoms with Crippen LogP contribution in [0.5, 0.6) is 17.2 Å². The molecule has 3 heterocycles. The molecule has 0 radical (unpaired) electrons. The first-order valence-corrected chi connectivity index (χ1v) is 13.0. The van der Waals surface area contributed by atoms with E-state index in [9.17, 15) is 9.59 Å². The Balaban J connectivity index is 1.36. The molecule has 0 aliphatic carbocycles. The van der Waals surface area contributed by atoms with Crippen molar-refractivity contribution in [1.82, 2.24) is 14.8 Å². The smallest absolute Gasteiger partial charge is 0.256 e. The van der Waals surface area contributed by atoms with Gasteiger partial charge in [0.05, 0.1) is 23.9 Å². The zero-order valence-electron chi connectivity index (χ0n) is 21.3. The number of ether oxygens (including phenoxy) is 2. The van der Waals surface area contributed by atoms with Gasteiger partial charge in [-0.3, -0.25) is 9.59 Å². The number of fused-ring (bicyclic) bond motifs is 2. The maximum Gasteiger partial charge on any atom is 0.256 e. The van der Waals surface area contributed by atoms with Gasteiger partial charge in [0.1, 0.15) is 16.8 Å². The minimum absolute atomic E-state index is 0.124. The van der Waals surface area contributed by atoms with Crippen molar-refractivity contribution in [3.05, 3.63) is 88.2 Å². The van der Waals surface area contributed by atoms with Gasteiger partial charge in [-0.1, -0.05) is 24.3 Å². The number of carbonyl (C=O) groups is 1. The number of pyridine rings is 1. The van der Waals surface area contributed by atoms with Crippen LogP contribution >= 0.6 is 0 Å². The molecule has 0 spiro atoms. The Labute approximate surface area is 220 Å². The van der Waals surface area contributed by atoms with E-state index in [2.05, 4.69) is 15.5 Å². The van der Waals surface area contributed by atoms with Crippen LogP contribution in [0.3, 0.4) is 0 Å². The number of amides is 1. The molecule has 8 nitrogen and oxygen atoms in total. The van der Waals surface area contributed by atoms with Gasteiger partial charge in [0.15, 0.2) is 11.5 Å². The normalized spacial score (nSPS) is 14.1. The highest BCUT2D eigenvalue weighted by molar-refractivity contribution is 6.01. The lowest BCUT2D eigenvalue weighted by atomic mass is 10.1. The lowest BCUT2D eigenvalue weighted by molar-refractivity contribution is 0.0948. The number of para-hydroxylation sites is 2. The summed E-state index contributed by atoms with van der Waals surface area (Å²) in [4.78, 5) is 29.0. The van der Waals surface area contributed by atoms with Crippen LogP contribution in [0.25, 0.3) is 16.6 Å². The van der Waals surface area contributed by atoms with Gasteiger partial charge in [0, 0.05) is 25.8 Å². The minimum atomic E-state index is -0.356. The Morgan fingerprint density at radius 3 is 2.74 bits per heavy atom. The summed E-state index contributed by atoms with van der Waals surface area (Å²) in [6, 6.07) is 19.1. The van der Waals surface area contributed by atoms with Crippen LogP contribution in [0.4, 0.5) is 5.69 Å². The van der Waals surface area contributed by atoms with E-state index in [0.717, 1.165) is 42.3 Å². The first kappa shape index (κ1) is 24.1. The van der Waals surface area contributed by atoms with Gasteiger partial charge in [0.25, 0.3) is 5.91 Å². The Morgan fingerprint density at radius 1 is 1.05 bits per heavy atom. The summed E-state index contributed by atoms with van der Waals surface area (Å²) in [5.41, 5.74) is 3.04. The molecule has 0 unspecified atom stereocenters. The van der Waals surface area contributed by atoms with Crippen molar-refractivity contribution in [3.63, 3.8) is 0 Å². The van der Waals surface area contributed by atoms with Crippen molar-refractivity contribution >= 4 is 22.5 Å². The van der Waals surface area contributed by atoms with Crippen LogP contribution in [-0.2, 0) is 6.54 Å².